The number of pyridine rings is 1. The van der Waals surface area contributed by atoms with Crippen LogP contribution in [0.3, 0.4) is 0 Å². The number of H-pyrrole nitrogens is 1. The molecule has 0 bridgehead atoms. The highest BCUT2D eigenvalue weighted by molar-refractivity contribution is 5.83. The number of ether oxygens (including phenoxy) is 3. The van der Waals surface area contributed by atoms with Crippen molar-refractivity contribution >= 4 is 10.9 Å². The van der Waals surface area contributed by atoms with Crippen molar-refractivity contribution in [3.05, 3.63) is 75.8 Å². The van der Waals surface area contributed by atoms with Gasteiger partial charge in [0, 0.05) is 37.2 Å². The third kappa shape index (κ3) is 5.65. The Labute approximate surface area is 215 Å². The minimum absolute atomic E-state index is 0.0778. The highest BCUT2D eigenvalue weighted by Crippen LogP contribution is 2.34. The molecule has 2 aromatic carbocycles. The molecule has 0 unspecified atom stereocenters. The summed E-state index contributed by atoms with van der Waals surface area (Å²) in [6.45, 7) is 5.38. The maximum absolute atomic E-state index is 13.2. The molecule has 0 saturated heterocycles. The van der Waals surface area contributed by atoms with E-state index in [0.29, 0.717) is 50.0 Å². The molecule has 3 heterocycles. The maximum atomic E-state index is 13.2. The second-order valence-corrected chi connectivity index (χ2v) is 9.09. The molecule has 0 spiro atoms. The SMILES string of the molecule is CC[C@H](c1nnnn1CCOC)N(CCc1ccccc1)Cc1cc2cc3c(cc2[nH]c1=O)OCCO3. The van der Waals surface area contributed by atoms with Crippen molar-refractivity contribution in [1.82, 2.24) is 30.1 Å². The molecule has 10 heteroatoms. The Morgan fingerprint density at radius 2 is 1.92 bits per heavy atom. The van der Waals surface area contributed by atoms with Crippen LogP contribution in [0.25, 0.3) is 10.9 Å². The van der Waals surface area contributed by atoms with Crippen LogP contribution in [-0.4, -0.2) is 63.6 Å². The van der Waals surface area contributed by atoms with Crippen molar-refractivity contribution in [2.45, 2.75) is 38.9 Å². The number of benzene rings is 2. The zero-order valence-electron chi connectivity index (χ0n) is 21.2. The third-order valence-electron chi connectivity index (χ3n) is 6.68. The lowest BCUT2D eigenvalue weighted by molar-refractivity contribution is 0.158. The first-order valence-corrected chi connectivity index (χ1v) is 12.6. The molecule has 194 valence electrons. The second-order valence-electron chi connectivity index (χ2n) is 9.09. The summed E-state index contributed by atoms with van der Waals surface area (Å²) in [4.78, 5) is 18.5. The first-order chi connectivity index (χ1) is 18.2. The predicted octanol–water partition coefficient (Wildman–Crippen LogP) is 3.13. The van der Waals surface area contributed by atoms with Crippen LogP contribution < -0.4 is 15.0 Å². The van der Waals surface area contributed by atoms with E-state index in [-0.39, 0.29) is 11.6 Å². The van der Waals surface area contributed by atoms with Crippen molar-refractivity contribution in [2.24, 2.45) is 0 Å². The van der Waals surface area contributed by atoms with E-state index < -0.39 is 0 Å². The second kappa shape index (κ2) is 11.5. The molecule has 10 nitrogen and oxygen atoms in total. The van der Waals surface area contributed by atoms with Crippen molar-refractivity contribution in [2.75, 3.05) is 33.5 Å². The zero-order chi connectivity index (χ0) is 25.6. The number of nitrogens with one attached hydrogen (secondary N) is 1. The number of fused-ring (bicyclic) bond motifs is 2. The van der Waals surface area contributed by atoms with Crippen LogP contribution in [0.5, 0.6) is 11.5 Å². The third-order valence-corrected chi connectivity index (χ3v) is 6.68. The average Bonchev–Trinajstić information content (AvgIpc) is 3.38. The van der Waals surface area contributed by atoms with E-state index >= 15 is 0 Å². The number of hydrogen-bond donors (Lipinski definition) is 1. The van der Waals surface area contributed by atoms with E-state index in [9.17, 15) is 4.79 Å². The molecule has 1 N–H and O–H groups in total. The van der Waals surface area contributed by atoms with E-state index in [2.05, 4.69) is 44.5 Å². The average molecular weight is 505 g/mol. The van der Waals surface area contributed by atoms with E-state index in [0.717, 1.165) is 36.1 Å². The van der Waals surface area contributed by atoms with Crippen LogP contribution in [0, 0.1) is 0 Å². The number of aromatic nitrogens is 5. The maximum Gasteiger partial charge on any atom is 0.252 e. The number of aromatic amines is 1. The molecule has 1 atom stereocenters. The van der Waals surface area contributed by atoms with Crippen LogP contribution in [0.15, 0.2) is 53.3 Å². The lowest BCUT2D eigenvalue weighted by atomic mass is 10.1. The molecule has 2 aromatic heterocycles. The first kappa shape index (κ1) is 24.9. The topological polar surface area (TPSA) is 107 Å². The van der Waals surface area contributed by atoms with Crippen LogP contribution in [0.1, 0.15) is 36.3 Å². The molecular weight excluding hydrogens is 472 g/mol. The number of rotatable bonds is 11. The van der Waals surface area contributed by atoms with Crippen LogP contribution >= 0.6 is 0 Å². The molecular formula is C27H32N6O4. The van der Waals surface area contributed by atoms with E-state index in [1.54, 1.807) is 11.8 Å². The molecule has 0 aliphatic carbocycles. The Hall–Kier alpha value is -3.76. The molecule has 0 fully saturated rings. The number of hydrogen-bond acceptors (Lipinski definition) is 8. The molecule has 0 amide bonds. The fourth-order valence-electron chi connectivity index (χ4n) is 4.78. The van der Waals surface area contributed by atoms with Gasteiger partial charge in [0.15, 0.2) is 17.3 Å². The van der Waals surface area contributed by atoms with Gasteiger partial charge in [0.05, 0.1) is 24.7 Å². The molecule has 4 aromatic rings. The smallest absolute Gasteiger partial charge is 0.252 e. The van der Waals surface area contributed by atoms with E-state index in [1.165, 1.54) is 5.56 Å². The molecule has 0 saturated carbocycles. The lowest BCUT2D eigenvalue weighted by Crippen LogP contribution is -2.34. The van der Waals surface area contributed by atoms with Gasteiger partial charge < -0.3 is 19.2 Å². The molecule has 1 aliphatic rings. The Balaban J connectivity index is 1.48. The highest BCUT2D eigenvalue weighted by atomic mass is 16.6. The summed E-state index contributed by atoms with van der Waals surface area (Å²) in [5, 5.41) is 13.4. The quantitative estimate of drug-likeness (QED) is 0.332. The van der Waals surface area contributed by atoms with Crippen molar-refractivity contribution in [1.29, 1.82) is 0 Å². The molecule has 0 radical (unpaired) electrons. The van der Waals surface area contributed by atoms with Gasteiger partial charge in [-0.05, 0) is 41.0 Å². The summed E-state index contributed by atoms with van der Waals surface area (Å²) in [7, 11) is 1.66. The Bertz CT molecular complexity index is 1390. The van der Waals surface area contributed by atoms with E-state index in [1.807, 2.05) is 36.4 Å². The molecule has 1 aliphatic heterocycles. The fraction of sp³-hybridized carbons (Fsp3) is 0.407. The fourth-order valence-corrected chi connectivity index (χ4v) is 4.78. The lowest BCUT2D eigenvalue weighted by Gasteiger charge is -2.30. The van der Waals surface area contributed by atoms with Gasteiger partial charge in [-0.1, -0.05) is 37.3 Å². The summed E-state index contributed by atoms with van der Waals surface area (Å²) >= 11 is 0. The Morgan fingerprint density at radius 3 is 2.68 bits per heavy atom. The number of methoxy groups -OCH3 is 1. The predicted molar refractivity (Wildman–Crippen MR) is 139 cm³/mol. The summed E-state index contributed by atoms with van der Waals surface area (Å²) in [6, 6.07) is 16.0. The summed E-state index contributed by atoms with van der Waals surface area (Å²) in [5.41, 5.74) is 2.51. The van der Waals surface area contributed by atoms with Crippen LogP contribution in [0.2, 0.25) is 0 Å². The normalized spacial score (nSPS) is 13.8. The van der Waals surface area contributed by atoms with Gasteiger partial charge in [-0.2, -0.15) is 0 Å². The van der Waals surface area contributed by atoms with Crippen molar-refractivity contribution in [3.63, 3.8) is 0 Å². The monoisotopic (exact) mass is 504 g/mol. The Kier molecular flexibility index (Phi) is 7.76. The molecule has 5 rings (SSSR count). The minimum atomic E-state index is -0.122. The van der Waals surface area contributed by atoms with Gasteiger partial charge in [-0.3, -0.25) is 9.69 Å². The van der Waals surface area contributed by atoms with Crippen LogP contribution in [0.4, 0.5) is 0 Å². The number of tetrazole rings is 1. The Morgan fingerprint density at radius 1 is 1.14 bits per heavy atom. The minimum Gasteiger partial charge on any atom is -0.486 e. The van der Waals surface area contributed by atoms with Gasteiger partial charge in [0.2, 0.25) is 0 Å². The molecule has 37 heavy (non-hydrogen) atoms. The summed E-state index contributed by atoms with van der Waals surface area (Å²) in [5.74, 6) is 2.12. The van der Waals surface area contributed by atoms with Gasteiger partial charge in [0.25, 0.3) is 5.56 Å². The van der Waals surface area contributed by atoms with Crippen LogP contribution in [-0.2, 0) is 24.2 Å². The van der Waals surface area contributed by atoms with Gasteiger partial charge in [0.1, 0.15) is 13.2 Å². The summed E-state index contributed by atoms with van der Waals surface area (Å²) < 4.78 is 18.5. The number of nitrogens with zero attached hydrogens (tertiary/aromatic N) is 5. The van der Waals surface area contributed by atoms with Crippen molar-refractivity contribution < 1.29 is 14.2 Å². The van der Waals surface area contributed by atoms with Gasteiger partial charge in [-0.25, -0.2) is 4.68 Å². The van der Waals surface area contributed by atoms with Gasteiger partial charge >= 0.3 is 0 Å². The standard InChI is InChI=1S/C27H32N6O4/c1-3-23(26-29-30-31-33(26)11-12-35-2)32(10-9-19-7-5-4-6-8-19)18-21-15-20-16-24-25(37-14-13-36-24)17-22(20)28-27(21)34/h4-8,15-17,23H,3,9-14,18H2,1-2H3,(H,28,34)/t23-/m1/s1. The largest absolute Gasteiger partial charge is 0.486 e. The summed E-state index contributed by atoms with van der Waals surface area (Å²) in [6.07, 6.45) is 1.62. The van der Waals surface area contributed by atoms with E-state index in [4.69, 9.17) is 14.2 Å². The zero-order valence-corrected chi connectivity index (χ0v) is 21.2. The van der Waals surface area contributed by atoms with Gasteiger partial charge in [-0.15, -0.1) is 5.10 Å². The highest BCUT2D eigenvalue weighted by Gasteiger charge is 2.26. The first-order valence-electron chi connectivity index (χ1n) is 12.6. The van der Waals surface area contributed by atoms with Crippen molar-refractivity contribution in [3.8, 4) is 11.5 Å².